The summed E-state index contributed by atoms with van der Waals surface area (Å²) in [5.41, 5.74) is 0.0911. The summed E-state index contributed by atoms with van der Waals surface area (Å²) in [6.45, 7) is 0.983. The second-order valence-electron chi connectivity index (χ2n) is 4.37. The van der Waals surface area contributed by atoms with E-state index in [2.05, 4.69) is 5.32 Å². The fraction of sp³-hybridized carbons (Fsp3) is 0.545. The first kappa shape index (κ1) is 11.8. The highest BCUT2D eigenvalue weighted by atomic mass is 19.1. The van der Waals surface area contributed by atoms with Crippen LogP contribution in [0.1, 0.15) is 19.8 Å². The maximum atomic E-state index is 12.6. The van der Waals surface area contributed by atoms with Crippen molar-refractivity contribution in [3.8, 4) is 0 Å². The van der Waals surface area contributed by atoms with Crippen LogP contribution in [0.4, 0.5) is 4.39 Å². The Bertz CT molecular complexity index is 413. The molecule has 0 atom stereocenters. The van der Waals surface area contributed by atoms with Gasteiger partial charge in [-0.3, -0.25) is 19.3 Å². The zero-order valence-corrected chi connectivity index (χ0v) is 9.40. The zero-order chi connectivity index (χ0) is 12.6. The standard InChI is InChI=1S/C11H13FN2O3/c1-6(15)14-5-10(16)13-9(11(14)17)4-7-2-8(12)3-7/h4,7-8H,2-3,5H2,1H3,(H,13,16)/b9-4-. The van der Waals surface area contributed by atoms with Gasteiger partial charge in [-0.2, -0.15) is 0 Å². The SMILES string of the molecule is CC(=O)N1CC(=O)N/C(=C\C2CC(F)C2)C1=O. The van der Waals surface area contributed by atoms with E-state index in [0.717, 1.165) is 4.90 Å². The van der Waals surface area contributed by atoms with E-state index in [0.29, 0.717) is 12.8 Å². The van der Waals surface area contributed by atoms with E-state index >= 15 is 0 Å². The lowest BCUT2D eigenvalue weighted by molar-refractivity contribution is -0.147. The normalized spacial score (nSPS) is 31.2. The number of carbonyl (C=O) groups is 3. The Morgan fingerprint density at radius 1 is 1.47 bits per heavy atom. The Balaban J connectivity index is 2.13. The highest BCUT2D eigenvalue weighted by molar-refractivity contribution is 6.10. The number of carbonyl (C=O) groups excluding carboxylic acids is 3. The molecule has 1 heterocycles. The molecule has 92 valence electrons. The molecule has 2 fully saturated rings. The van der Waals surface area contributed by atoms with Crippen molar-refractivity contribution in [2.45, 2.75) is 25.9 Å². The Kier molecular flexibility index (Phi) is 2.95. The van der Waals surface area contributed by atoms with E-state index in [1.165, 1.54) is 6.92 Å². The topological polar surface area (TPSA) is 66.5 Å². The minimum absolute atomic E-state index is 0.0313. The Morgan fingerprint density at radius 2 is 2.12 bits per heavy atom. The highest BCUT2D eigenvalue weighted by Crippen LogP contribution is 2.32. The first-order chi connectivity index (χ1) is 7.97. The van der Waals surface area contributed by atoms with E-state index in [1.54, 1.807) is 6.08 Å². The van der Waals surface area contributed by atoms with E-state index in [-0.39, 0.29) is 18.2 Å². The molecule has 6 heteroatoms. The quantitative estimate of drug-likeness (QED) is 0.662. The van der Waals surface area contributed by atoms with Crippen molar-refractivity contribution in [2.75, 3.05) is 6.54 Å². The van der Waals surface area contributed by atoms with Gasteiger partial charge in [0.15, 0.2) is 0 Å². The second-order valence-corrected chi connectivity index (χ2v) is 4.37. The van der Waals surface area contributed by atoms with Gasteiger partial charge in [0, 0.05) is 6.92 Å². The molecule has 0 aromatic rings. The number of halogens is 1. The molecular weight excluding hydrogens is 227 g/mol. The molecule has 1 aliphatic carbocycles. The van der Waals surface area contributed by atoms with Crippen LogP contribution in [0.15, 0.2) is 11.8 Å². The van der Waals surface area contributed by atoms with Crippen LogP contribution in [0.2, 0.25) is 0 Å². The molecule has 0 bridgehead atoms. The largest absolute Gasteiger partial charge is 0.320 e. The van der Waals surface area contributed by atoms with Crippen LogP contribution in [0.25, 0.3) is 0 Å². The van der Waals surface area contributed by atoms with Gasteiger partial charge in [-0.05, 0) is 18.8 Å². The van der Waals surface area contributed by atoms with Crippen molar-refractivity contribution in [2.24, 2.45) is 5.92 Å². The number of nitrogens with one attached hydrogen (secondary N) is 1. The third-order valence-corrected chi connectivity index (χ3v) is 2.95. The minimum Gasteiger partial charge on any atom is -0.320 e. The number of imide groups is 1. The summed E-state index contributed by atoms with van der Waals surface area (Å²) >= 11 is 0. The molecule has 2 aliphatic rings. The smallest absolute Gasteiger partial charge is 0.277 e. The van der Waals surface area contributed by atoms with Gasteiger partial charge >= 0.3 is 0 Å². The monoisotopic (exact) mass is 240 g/mol. The molecule has 0 radical (unpaired) electrons. The molecule has 1 aliphatic heterocycles. The zero-order valence-electron chi connectivity index (χ0n) is 9.40. The number of hydrogen-bond acceptors (Lipinski definition) is 3. The molecule has 3 amide bonds. The van der Waals surface area contributed by atoms with Crippen molar-refractivity contribution in [1.82, 2.24) is 10.2 Å². The number of alkyl halides is 1. The number of hydrogen-bond donors (Lipinski definition) is 1. The van der Waals surface area contributed by atoms with Gasteiger partial charge in [0.2, 0.25) is 11.8 Å². The molecule has 2 rings (SSSR count). The fourth-order valence-corrected chi connectivity index (χ4v) is 1.93. The average molecular weight is 240 g/mol. The molecule has 5 nitrogen and oxygen atoms in total. The molecule has 1 N–H and O–H groups in total. The summed E-state index contributed by atoms with van der Waals surface area (Å²) in [6.07, 6.45) is 1.46. The second kappa shape index (κ2) is 4.27. The van der Waals surface area contributed by atoms with Crippen LogP contribution in [-0.4, -0.2) is 35.3 Å². The summed E-state index contributed by atoms with van der Waals surface area (Å²) in [5.74, 6) is -1.41. The predicted octanol–water partition coefficient (Wildman–Crippen LogP) is 0.123. The third-order valence-electron chi connectivity index (χ3n) is 2.95. The summed E-state index contributed by atoms with van der Waals surface area (Å²) in [4.78, 5) is 35.2. The van der Waals surface area contributed by atoms with E-state index < -0.39 is 23.9 Å². The van der Waals surface area contributed by atoms with Crippen LogP contribution in [-0.2, 0) is 14.4 Å². The van der Waals surface area contributed by atoms with Gasteiger partial charge in [0.1, 0.15) is 18.4 Å². The van der Waals surface area contributed by atoms with Crippen LogP contribution in [0, 0.1) is 5.92 Å². The molecule has 17 heavy (non-hydrogen) atoms. The number of piperazine rings is 1. The first-order valence-electron chi connectivity index (χ1n) is 5.45. The van der Waals surface area contributed by atoms with Crippen molar-refractivity contribution in [3.63, 3.8) is 0 Å². The lowest BCUT2D eigenvalue weighted by Gasteiger charge is -2.30. The number of rotatable bonds is 1. The van der Waals surface area contributed by atoms with Gasteiger partial charge in [0.05, 0.1) is 0 Å². The third kappa shape index (κ3) is 2.35. The van der Waals surface area contributed by atoms with Gasteiger partial charge in [-0.1, -0.05) is 6.08 Å². The van der Waals surface area contributed by atoms with Gasteiger partial charge < -0.3 is 5.32 Å². The summed E-state index contributed by atoms with van der Waals surface area (Å²) < 4.78 is 12.6. The van der Waals surface area contributed by atoms with Crippen LogP contribution >= 0.6 is 0 Å². The summed E-state index contributed by atoms with van der Waals surface area (Å²) in [7, 11) is 0. The van der Waals surface area contributed by atoms with Gasteiger partial charge in [-0.15, -0.1) is 0 Å². The highest BCUT2D eigenvalue weighted by Gasteiger charge is 2.33. The first-order valence-corrected chi connectivity index (χ1v) is 5.45. The van der Waals surface area contributed by atoms with Gasteiger partial charge in [0.25, 0.3) is 5.91 Å². The van der Waals surface area contributed by atoms with Crippen molar-refractivity contribution >= 4 is 17.7 Å². The van der Waals surface area contributed by atoms with E-state index in [9.17, 15) is 18.8 Å². The number of amides is 3. The van der Waals surface area contributed by atoms with Crippen LogP contribution < -0.4 is 5.32 Å². The Morgan fingerprint density at radius 3 is 2.65 bits per heavy atom. The predicted molar refractivity (Wildman–Crippen MR) is 56.2 cm³/mol. The van der Waals surface area contributed by atoms with Crippen molar-refractivity contribution in [3.05, 3.63) is 11.8 Å². The Hall–Kier alpha value is -1.72. The molecular formula is C11H13FN2O3. The molecule has 0 aromatic carbocycles. The van der Waals surface area contributed by atoms with E-state index in [1.807, 2.05) is 0 Å². The minimum atomic E-state index is -0.824. The molecule has 0 unspecified atom stereocenters. The molecule has 0 aromatic heterocycles. The lowest BCUT2D eigenvalue weighted by Crippen LogP contribution is -2.52. The maximum Gasteiger partial charge on any atom is 0.277 e. The summed E-state index contributed by atoms with van der Waals surface area (Å²) in [6, 6.07) is 0. The van der Waals surface area contributed by atoms with Crippen LogP contribution in [0.5, 0.6) is 0 Å². The number of nitrogens with zero attached hydrogens (tertiary/aromatic N) is 1. The van der Waals surface area contributed by atoms with Gasteiger partial charge in [-0.25, -0.2) is 4.39 Å². The summed E-state index contributed by atoms with van der Waals surface area (Å²) in [5, 5.41) is 2.42. The maximum absolute atomic E-state index is 12.6. The average Bonchev–Trinajstić information content (AvgIpc) is 2.20. The van der Waals surface area contributed by atoms with E-state index in [4.69, 9.17) is 0 Å². The van der Waals surface area contributed by atoms with Crippen molar-refractivity contribution in [1.29, 1.82) is 0 Å². The van der Waals surface area contributed by atoms with Crippen LogP contribution in [0.3, 0.4) is 0 Å². The molecule has 1 saturated carbocycles. The lowest BCUT2D eigenvalue weighted by atomic mass is 9.83. The molecule has 1 saturated heterocycles. The van der Waals surface area contributed by atoms with Crippen molar-refractivity contribution < 1.29 is 18.8 Å². The molecule has 0 spiro atoms. The Labute approximate surface area is 97.6 Å². The number of allylic oxidation sites excluding steroid dienone is 1. The fourth-order valence-electron chi connectivity index (χ4n) is 1.93.